The van der Waals surface area contributed by atoms with Gasteiger partial charge in [0.15, 0.2) is 5.76 Å². The first-order valence-corrected chi connectivity index (χ1v) is 11.0. The van der Waals surface area contributed by atoms with Gasteiger partial charge in [0.1, 0.15) is 0 Å². The Hall–Kier alpha value is -4.03. The van der Waals surface area contributed by atoms with E-state index in [0.717, 1.165) is 30.8 Å². The molecule has 5 rings (SSSR count). The Morgan fingerprint density at radius 2 is 1.91 bits per heavy atom. The number of nitrogens with one attached hydrogen (secondary N) is 2. The quantitative estimate of drug-likeness (QED) is 0.349. The lowest BCUT2D eigenvalue weighted by Crippen LogP contribution is -2.41. The number of fused-ring (bicyclic) bond motifs is 1. The second kappa shape index (κ2) is 9.85. The Bertz CT molecular complexity index is 1250. The summed E-state index contributed by atoms with van der Waals surface area (Å²) in [5, 5.41) is 10.4. The molecule has 34 heavy (non-hydrogen) atoms. The smallest absolute Gasteiger partial charge is 0.259 e. The standard InChI is InChI=1S/C22H25N9O3/c23-20-27-21(28-22-26-19(29-31(20)22)17-2-1-11-34-17)24-8-7-15-3-5-16(6-4-15)25-18(32)14-30-9-12-33-13-10-30/h1-6,11H,7-10,12-14H2,(H,25,32)(H3,23,24,26,27,28,29). The zero-order valence-electron chi connectivity index (χ0n) is 18.5. The van der Waals surface area contributed by atoms with Crippen LogP contribution in [-0.4, -0.2) is 74.8 Å². The van der Waals surface area contributed by atoms with Crippen molar-refractivity contribution in [1.82, 2.24) is 29.5 Å². The molecule has 0 spiro atoms. The van der Waals surface area contributed by atoms with E-state index in [9.17, 15) is 4.79 Å². The maximum atomic E-state index is 12.2. The molecule has 4 aromatic rings. The van der Waals surface area contributed by atoms with Gasteiger partial charge in [-0.1, -0.05) is 12.1 Å². The van der Waals surface area contributed by atoms with E-state index >= 15 is 0 Å². The molecule has 0 saturated carbocycles. The number of nitrogens with zero attached hydrogens (tertiary/aromatic N) is 6. The van der Waals surface area contributed by atoms with Gasteiger partial charge in [0, 0.05) is 25.3 Å². The largest absolute Gasteiger partial charge is 0.461 e. The van der Waals surface area contributed by atoms with Crippen molar-refractivity contribution in [2.75, 3.05) is 55.8 Å². The number of rotatable bonds is 8. The van der Waals surface area contributed by atoms with Gasteiger partial charge in [-0.2, -0.15) is 19.5 Å². The molecule has 1 aliphatic heterocycles. The molecular formula is C22H25N9O3. The van der Waals surface area contributed by atoms with Gasteiger partial charge >= 0.3 is 0 Å². The summed E-state index contributed by atoms with van der Waals surface area (Å²) in [5.74, 6) is 1.77. The summed E-state index contributed by atoms with van der Waals surface area (Å²) in [6, 6.07) is 11.3. The fraction of sp³-hybridized carbons (Fsp3) is 0.318. The van der Waals surface area contributed by atoms with E-state index in [1.165, 1.54) is 4.52 Å². The monoisotopic (exact) mass is 463 g/mol. The summed E-state index contributed by atoms with van der Waals surface area (Å²) in [6.45, 7) is 3.88. The maximum Gasteiger partial charge on any atom is 0.259 e. The molecule has 1 aromatic carbocycles. The number of anilines is 3. The minimum Gasteiger partial charge on any atom is -0.461 e. The summed E-state index contributed by atoms with van der Waals surface area (Å²) in [6.07, 6.45) is 2.29. The maximum absolute atomic E-state index is 12.2. The van der Waals surface area contributed by atoms with Gasteiger partial charge in [-0.15, -0.1) is 5.10 Å². The average Bonchev–Trinajstić information content (AvgIpc) is 3.51. The van der Waals surface area contributed by atoms with Gasteiger partial charge < -0.3 is 25.5 Å². The van der Waals surface area contributed by atoms with E-state index in [-0.39, 0.29) is 11.9 Å². The number of carbonyl (C=O) groups excluding carboxylic acids is 1. The first-order chi connectivity index (χ1) is 16.6. The molecule has 0 bridgehead atoms. The lowest BCUT2D eigenvalue weighted by Gasteiger charge is -2.25. The van der Waals surface area contributed by atoms with Crippen LogP contribution in [0, 0.1) is 0 Å². The molecule has 0 radical (unpaired) electrons. The van der Waals surface area contributed by atoms with Gasteiger partial charge in [0.05, 0.1) is 26.0 Å². The third-order valence-corrected chi connectivity index (χ3v) is 5.38. The minimum absolute atomic E-state index is 0.0230. The average molecular weight is 464 g/mol. The third kappa shape index (κ3) is 5.13. The molecule has 1 aliphatic rings. The van der Waals surface area contributed by atoms with Crippen LogP contribution in [0.15, 0.2) is 47.1 Å². The van der Waals surface area contributed by atoms with Gasteiger partial charge in [-0.3, -0.25) is 9.69 Å². The Morgan fingerprint density at radius 1 is 1.09 bits per heavy atom. The molecule has 4 heterocycles. The molecule has 0 unspecified atom stereocenters. The third-order valence-electron chi connectivity index (χ3n) is 5.38. The molecule has 3 aromatic heterocycles. The molecule has 0 aliphatic carbocycles. The number of nitrogens with two attached hydrogens (primary N) is 1. The summed E-state index contributed by atoms with van der Waals surface area (Å²) in [7, 11) is 0. The van der Waals surface area contributed by atoms with E-state index in [2.05, 4.69) is 35.6 Å². The van der Waals surface area contributed by atoms with Crippen molar-refractivity contribution in [2.24, 2.45) is 0 Å². The van der Waals surface area contributed by atoms with Crippen molar-refractivity contribution in [2.45, 2.75) is 6.42 Å². The molecule has 1 saturated heterocycles. The second-order valence-electron chi connectivity index (χ2n) is 7.84. The van der Waals surface area contributed by atoms with Crippen molar-refractivity contribution < 1.29 is 13.9 Å². The van der Waals surface area contributed by atoms with Gasteiger partial charge in [0.25, 0.3) is 5.78 Å². The van der Waals surface area contributed by atoms with E-state index in [4.69, 9.17) is 14.9 Å². The predicted molar refractivity (Wildman–Crippen MR) is 125 cm³/mol. The van der Waals surface area contributed by atoms with Gasteiger partial charge in [-0.05, 0) is 36.2 Å². The fourth-order valence-electron chi connectivity index (χ4n) is 3.63. The van der Waals surface area contributed by atoms with E-state index in [1.807, 2.05) is 24.3 Å². The van der Waals surface area contributed by atoms with Crippen molar-refractivity contribution in [1.29, 1.82) is 0 Å². The Balaban J connectivity index is 1.14. The Kier molecular flexibility index (Phi) is 6.31. The molecule has 12 nitrogen and oxygen atoms in total. The van der Waals surface area contributed by atoms with E-state index in [0.29, 0.717) is 49.6 Å². The first kappa shape index (κ1) is 21.8. The number of amides is 1. The molecule has 1 fully saturated rings. The highest BCUT2D eigenvalue weighted by Crippen LogP contribution is 2.18. The highest BCUT2D eigenvalue weighted by Gasteiger charge is 2.15. The first-order valence-electron chi connectivity index (χ1n) is 11.0. The van der Waals surface area contributed by atoms with Crippen LogP contribution >= 0.6 is 0 Å². The summed E-state index contributed by atoms with van der Waals surface area (Å²) >= 11 is 0. The normalized spacial score (nSPS) is 14.4. The van der Waals surface area contributed by atoms with E-state index in [1.54, 1.807) is 18.4 Å². The highest BCUT2D eigenvalue weighted by atomic mass is 16.5. The number of ether oxygens (including phenoxy) is 1. The number of carbonyl (C=O) groups is 1. The SMILES string of the molecule is Nc1nc(NCCc2ccc(NC(=O)CN3CCOCC3)cc2)nc2nc(-c3ccco3)nn12. The zero-order valence-corrected chi connectivity index (χ0v) is 18.5. The van der Waals surface area contributed by atoms with Crippen molar-refractivity contribution in [3.05, 3.63) is 48.2 Å². The number of furan rings is 1. The zero-order chi connectivity index (χ0) is 23.3. The number of morpholine rings is 1. The molecule has 0 atom stereocenters. The van der Waals surface area contributed by atoms with Crippen molar-refractivity contribution in [3.8, 4) is 11.6 Å². The fourth-order valence-corrected chi connectivity index (χ4v) is 3.63. The van der Waals surface area contributed by atoms with Crippen molar-refractivity contribution >= 4 is 29.3 Å². The van der Waals surface area contributed by atoms with Crippen molar-refractivity contribution in [3.63, 3.8) is 0 Å². The molecule has 1 amide bonds. The second-order valence-corrected chi connectivity index (χ2v) is 7.84. The summed E-state index contributed by atoms with van der Waals surface area (Å²) < 4.78 is 12.0. The van der Waals surface area contributed by atoms with Crippen LogP contribution in [0.25, 0.3) is 17.4 Å². The number of benzene rings is 1. The summed E-state index contributed by atoms with van der Waals surface area (Å²) in [4.78, 5) is 27.3. The summed E-state index contributed by atoms with van der Waals surface area (Å²) in [5.41, 5.74) is 7.90. The van der Waals surface area contributed by atoms with Crippen LogP contribution in [0.4, 0.5) is 17.6 Å². The van der Waals surface area contributed by atoms with Gasteiger partial charge in [-0.25, -0.2) is 0 Å². The Morgan fingerprint density at radius 3 is 2.68 bits per heavy atom. The Labute approximate surface area is 195 Å². The van der Waals surface area contributed by atoms with Crippen LogP contribution in [0.5, 0.6) is 0 Å². The molecular weight excluding hydrogens is 438 g/mol. The minimum atomic E-state index is -0.0230. The molecule has 12 heteroatoms. The highest BCUT2D eigenvalue weighted by molar-refractivity contribution is 5.92. The molecule has 176 valence electrons. The van der Waals surface area contributed by atoms with Crippen LogP contribution in [0.1, 0.15) is 5.56 Å². The topological polar surface area (TPSA) is 149 Å². The van der Waals surface area contributed by atoms with Crippen LogP contribution in [0.2, 0.25) is 0 Å². The van der Waals surface area contributed by atoms with Gasteiger partial charge in [0.2, 0.25) is 23.6 Å². The number of aromatic nitrogens is 5. The van der Waals surface area contributed by atoms with Crippen LogP contribution < -0.4 is 16.4 Å². The van der Waals surface area contributed by atoms with E-state index < -0.39 is 0 Å². The van der Waals surface area contributed by atoms with Crippen LogP contribution in [0.3, 0.4) is 0 Å². The lowest BCUT2D eigenvalue weighted by atomic mass is 10.1. The predicted octanol–water partition coefficient (Wildman–Crippen LogP) is 1.29. The lowest BCUT2D eigenvalue weighted by molar-refractivity contribution is -0.118. The molecule has 4 N–H and O–H groups in total. The number of nitrogen functional groups attached to an aromatic ring is 1. The number of hydrogen-bond donors (Lipinski definition) is 3. The number of hydrogen-bond acceptors (Lipinski definition) is 10. The van der Waals surface area contributed by atoms with Crippen LogP contribution in [-0.2, 0) is 16.0 Å².